The molecule has 0 aliphatic rings. The standard InChI is InChI=1S/C12H12/c1-3-8-11(4-2)12-9-6-5-7-10-12/h3,5-7,9-10H,1-2,8H2. The van der Waals surface area contributed by atoms with Gasteiger partial charge in [0.15, 0.2) is 0 Å². The molecule has 0 spiro atoms. The van der Waals surface area contributed by atoms with Gasteiger partial charge in [-0.05, 0) is 12.0 Å². The zero-order valence-electron chi connectivity index (χ0n) is 7.09. The molecule has 0 amide bonds. The van der Waals surface area contributed by atoms with Gasteiger partial charge in [-0.25, -0.2) is 0 Å². The summed E-state index contributed by atoms with van der Waals surface area (Å²) in [4.78, 5) is 0. The highest BCUT2D eigenvalue weighted by Crippen LogP contribution is 2.15. The first-order valence-electron chi connectivity index (χ1n) is 3.93. The maximum absolute atomic E-state index is 3.69. The minimum Gasteiger partial charge on any atom is -0.124 e. The molecule has 0 N–H and O–H groups in total. The molecule has 0 heterocycles. The molecule has 60 valence electrons. The topological polar surface area (TPSA) is 0 Å². The van der Waals surface area contributed by atoms with Gasteiger partial charge in [0.2, 0.25) is 0 Å². The van der Waals surface area contributed by atoms with Gasteiger partial charge in [-0.2, -0.15) is 0 Å². The summed E-state index contributed by atoms with van der Waals surface area (Å²) in [5, 5.41) is 0. The van der Waals surface area contributed by atoms with E-state index in [0.29, 0.717) is 0 Å². The summed E-state index contributed by atoms with van der Waals surface area (Å²) in [6, 6.07) is 10.1. The van der Waals surface area contributed by atoms with Gasteiger partial charge in [0, 0.05) is 5.57 Å². The molecule has 0 aliphatic heterocycles. The van der Waals surface area contributed by atoms with E-state index in [4.69, 9.17) is 0 Å². The van der Waals surface area contributed by atoms with E-state index in [0.717, 1.165) is 12.0 Å². The van der Waals surface area contributed by atoms with Crippen LogP contribution in [0.1, 0.15) is 12.0 Å². The first kappa shape index (κ1) is 8.58. The van der Waals surface area contributed by atoms with Gasteiger partial charge in [-0.1, -0.05) is 43.0 Å². The average Bonchev–Trinajstić information content (AvgIpc) is 2.15. The van der Waals surface area contributed by atoms with Gasteiger partial charge in [0.1, 0.15) is 0 Å². The molecule has 1 rings (SSSR count). The zero-order chi connectivity index (χ0) is 8.81. The molecule has 12 heavy (non-hydrogen) atoms. The van der Waals surface area contributed by atoms with Crippen LogP contribution in [0.2, 0.25) is 0 Å². The van der Waals surface area contributed by atoms with Crippen LogP contribution in [-0.2, 0) is 0 Å². The maximum atomic E-state index is 3.69. The van der Waals surface area contributed by atoms with Crippen LogP contribution in [0.4, 0.5) is 0 Å². The van der Waals surface area contributed by atoms with E-state index < -0.39 is 0 Å². The minimum atomic E-state index is 0.827. The summed E-state index contributed by atoms with van der Waals surface area (Å²) < 4.78 is 0. The highest BCUT2D eigenvalue weighted by atomic mass is 14.0. The number of allylic oxidation sites excluding steroid dienone is 2. The monoisotopic (exact) mass is 156 g/mol. The molecule has 0 unspecified atom stereocenters. The molecule has 0 nitrogen and oxygen atoms in total. The fraction of sp³-hybridized carbons (Fsp3) is 0.0833. The highest BCUT2D eigenvalue weighted by molar-refractivity contribution is 5.65. The van der Waals surface area contributed by atoms with Crippen molar-refractivity contribution in [3.63, 3.8) is 0 Å². The molecule has 0 aromatic heterocycles. The lowest BCUT2D eigenvalue weighted by molar-refractivity contribution is 1.41. The van der Waals surface area contributed by atoms with Crippen LogP contribution < -0.4 is 0 Å². The van der Waals surface area contributed by atoms with Gasteiger partial charge in [-0.3, -0.25) is 0 Å². The van der Waals surface area contributed by atoms with Crippen molar-refractivity contribution in [1.29, 1.82) is 0 Å². The Bertz CT molecular complexity index is 300. The van der Waals surface area contributed by atoms with E-state index in [1.54, 1.807) is 0 Å². The van der Waals surface area contributed by atoms with Crippen LogP contribution in [0.5, 0.6) is 0 Å². The second-order valence-electron chi connectivity index (χ2n) is 2.51. The van der Waals surface area contributed by atoms with Crippen LogP contribution in [0, 0.1) is 0 Å². The molecule has 0 saturated carbocycles. The van der Waals surface area contributed by atoms with Crippen molar-refractivity contribution in [3.8, 4) is 0 Å². The van der Waals surface area contributed by atoms with Crippen molar-refractivity contribution in [1.82, 2.24) is 0 Å². The molecule has 0 aliphatic carbocycles. The van der Waals surface area contributed by atoms with E-state index in [-0.39, 0.29) is 0 Å². The maximum Gasteiger partial charge on any atom is 0.00434 e. The third kappa shape index (κ3) is 1.98. The quantitative estimate of drug-likeness (QED) is 0.464. The molecule has 0 radical (unpaired) electrons. The summed E-state index contributed by atoms with van der Waals surface area (Å²) in [5.41, 5.74) is 5.19. The molecular weight excluding hydrogens is 144 g/mol. The van der Waals surface area contributed by atoms with Gasteiger partial charge < -0.3 is 0 Å². The van der Waals surface area contributed by atoms with E-state index in [9.17, 15) is 0 Å². The second-order valence-corrected chi connectivity index (χ2v) is 2.51. The van der Waals surface area contributed by atoms with Gasteiger partial charge in [0.05, 0.1) is 0 Å². The SMILES string of the molecule is C=C=C(CC=C)c1ccccc1. The van der Waals surface area contributed by atoms with Crippen LogP contribution >= 0.6 is 0 Å². The first-order valence-corrected chi connectivity index (χ1v) is 3.93. The van der Waals surface area contributed by atoms with Crippen molar-refractivity contribution >= 4 is 5.57 Å². The zero-order valence-corrected chi connectivity index (χ0v) is 7.09. The lowest BCUT2D eigenvalue weighted by atomic mass is 10.0. The van der Waals surface area contributed by atoms with Crippen LogP contribution in [-0.4, -0.2) is 0 Å². The van der Waals surface area contributed by atoms with Gasteiger partial charge in [0.25, 0.3) is 0 Å². The number of hydrogen-bond donors (Lipinski definition) is 0. The second kappa shape index (κ2) is 4.38. The van der Waals surface area contributed by atoms with Crippen LogP contribution in [0.15, 0.2) is 55.3 Å². The summed E-state index contributed by atoms with van der Waals surface area (Å²) in [7, 11) is 0. The van der Waals surface area contributed by atoms with Crippen molar-refractivity contribution in [2.24, 2.45) is 0 Å². The molecule has 0 atom stereocenters. The van der Waals surface area contributed by atoms with Crippen LogP contribution in [0.25, 0.3) is 5.57 Å². The molecule has 1 aromatic rings. The van der Waals surface area contributed by atoms with Gasteiger partial charge in [-0.15, -0.1) is 12.3 Å². The summed E-state index contributed by atoms with van der Waals surface area (Å²) in [5.74, 6) is 0. The van der Waals surface area contributed by atoms with Crippen molar-refractivity contribution < 1.29 is 0 Å². The molecule has 1 aromatic carbocycles. The Hall–Kier alpha value is -1.52. The first-order chi connectivity index (χ1) is 5.88. The Balaban J connectivity index is 2.96. The lowest BCUT2D eigenvalue weighted by Crippen LogP contribution is -1.79. The molecular formula is C12H12. The fourth-order valence-electron chi connectivity index (χ4n) is 1.08. The lowest BCUT2D eigenvalue weighted by Gasteiger charge is -1.99. The summed E-state index contributed by atoms with van der Waals surface area (Å²) in [6.07, 6.45) is 2.69. The Labute approximate surface area is 73.6 Å². The Kier molecular flexibility index (Phi) is 3.13. The van der Waals surface area contributed by atoms with E-state index in [1.165, 1.54) is 5.56 Å². The predicted molar refractivity (Wildman–Crippen MR) is 53.8 cm³/mol. The molecule has 0 bridgehead atoms. The number of rotatable bonds is 3. The van der Waals surface area contributed by atoms with E-state index in [2.05, 4.69) is 31.0 Å². The Morgan fingerprint density at radius 1 is 1.33 bits per heavy atom. The normalized spacial score (nSPS) is 8.67. The molecule has 0 saturated heterocycles. The Morgan fingerprint density at radius 2 is 2.00 bits per heavy atom. The molecule has 0 fully saturated rings. The fourth-order valence-corrected chi connectivity index (χ4v) is 1.08. The smallest absolute Gasteiger partial charge is 0.00434 e. The van der Waals surface area contributed by atoms with Crippen molar-refractivity contribution in [2.75, 3.05) is 0 Å². The largest absolute Gasteiger partial charge is 0.124 e. The minimum absolute atomic E-state index is 0.827. The number of hydrogen-bond acceptors (Lipinski definition) is 0. The predicted octanol–water partition coefficient (Wildman–Crippen LogP) is 3.43. The number of benzene rings is 1. The Morgan fingerprint density at radius 3 is 2.50 bits per heavy atom. The van der Waals surface area contributed by atoms with Crippen LogP contribution in [0.3, 0.4) is 0 Å². The third-order valence-electron chi connectivity index (χ3n) is 1.68. The molecule has 0 heteroatoms. The summed E-state index contributed by atoms with van der Waals surface area (Å²) in [6.45, 7) is 7.33. The van der Waals surface area contributed by atoms with Crippen molar-refractivity contribution in [2.45, 2.75) is 6.42 Å². The van der Waals surface area contributed by atoms with Crippen molar-refractivity contribution in [3.05, 3.63) is 60.9 Å². The van der Waals surface area contributed by atoms with E-state index in [1.807, 2.05) is 24.3 Å². The third-order valence-corrected chi connectivity index (χ3v) is 1.68. The van der Waals surface area contributed by atoms with E-state index >= 15 is 0 Å². The van der Waals surface area contributed by atoms with Gasteiger partial charge >= 0.3 is 0 Å². The summed E-state index contributed by atoms with van der Waals surface area (Å²) >= 11 is 0. The highest BCUT2D eigenvalue weighted by Gasteiger charge is 1.95. The average molecular weight is 156 g/mol.